The van der Waals surface area contributed by atoms with Crippen LogP contribution in [0.4, 0.5) is 29.1 Å². The van der Waals surface area contributed by atoms with Gasteiger partial charge in [0.25, 0.3) is 5.91 Å². The van der Waals surface area contributed by atoms with Crippen molar-refractivity contribution in [2.45, 2.75) is 19.0 Å². The Hall–Kier alpha value is -3.46. The summed E-state index contributed by atoms with van der Waals surface area (Å²) in [7, 11) is 0. The molecule has 9 heteroatoms. The number of carbonyl (C=O) groups excluding carboxylic acids is 1. The monoisotopic (exact) mass is 459 g/mol. The molecule has 1 aromatic heterocycles. The maximum Gasteiger partial charge on any atom is 0.416 e. The fourth-order valence-electron chi connectivity index (χ4n) is 3.96. The lowest BCUT2D eigenvalue weighted by Gasteiger charge is -2.23. The number of aromatic nitrogens is 1. The average Bonchev–Trinajstić information content (AvgIpc) is 3.25. The molecule has 1 aliphatic heterocycles. The van der Waals surface area contributed by atoms with Gasteiger partial charge in [-0.05, 0) is 59.9 Å². The number of hydrogen-bond donors (Lipinski definition) is 2. The molecule has 172 valence electrons. The zero-order chi connectivity index (χ0) is 23.6. The minimum absolute atomic E-state index is 0.0731. The molecule has 4 rings (SSSR count). The number of carbonyl (C=O) groups is 1. The van der Waals surface area contributed by atoms with Gasteiger partial charge in [0, 0.05) is 18.4 Å². The highest BCUT2D eigenvalue weighted by Gasteiger charge is 2.30. The molecule has 0 unspecified atom stereocenters. The van der Waals surface area contributed by atoms with Crippen LogP contribution in [0.2, 0.25) is 0 Å². The number of nitrogens with zero attached hydrogens (tertiary/aromatic N) is 2. The summed E-state index contributed by atoms with van der Waals surface area (Å²) in [5.41, 5.74) is 1.51. The molecule has 3 aromatic rings. The predicted octanol–water partition coefficient (Wildman–Crippen LogP) is 4.44. The maximum absolute atomic E-state index is 14.7. The van der Waals surface area contributed by atoms with Gasteiger partial charge in [-0.2, -0.15) is 13.2 Å². The highest BCUT2D eigenvalue weighted by atomic mass is 19.4. The van der Waals surface area contributed by atoms with E-state index in [4.69, 9.17) is 0 Å². The molecule has 33 heavy (non-hydrogen) atoms. The summed E-state index contributed by atoms with van der Waals surface area (Å²) < 4.78 is 53.7. The third-order valence-electron chi connectivity index (χ3n) is 5.48. The quantitative estimate of drug-likeness (QED) is 0.535. The van der Waals surface area contributed by atoms with E-state index in [-0.39, 0.29) is 31.0 Å². The van der Waals surface area contributed by atoms with Crippen LogP contribution in [-0.2, 0) is 19.0 Å². The van der Waals surface area contributed by atoms with E-state index in [1.54, 1.807) is 24.3 Å². The van der Waals surface area contributed by atoms with Gasteiger partial charge in [-0.25, -0.2) is 9.37 Å². The first-order valence-electron chi connectivity index (χ1n) is 10.4. The van der Waals surface area contributed by atoms with E-state index in [2.05, 4.69) is 10.3 Å². The molecule has 0 spiro atoms. The summed E-state index contributed by atoms with van der Waals surface area (Å²) in [6, 6.07) is 11.0. The number of nitrogens with one attached hydrogen (secondary N) is 1. The molecule has 0 fully saturated rings. The molecule has 0 saturated heterocycles. The van der Waals surface area contributed by atoms with Crippen molar-refractivity contribution in [2.75, 3.05) is 29.9 Å². The number of amides is 1. The largest absolute Gasteiger partial charge is 0.416 e. The van der Waals surface area contributed by atoms with Crippen molar-refractivity contribution in [3.05, 3.63) is 88.4 Å². The number of fused-ring (bicyclic) bond motifs is 1. The summed E-state index contributed by atoms with van der Waals surface area (Å²) >= 11 is 0. The maximum atomic E-state index is 14.7. The number of anilines is 2. The highest BCUT2D eigenvalue weighted by Crippen LogP contribution is 2.31. The van der Waals surface area contributed by atoms with E-state index < -0.39 is 23.5 Å². The van der Waals surface area contributed by atoms with Crippen LogP contribution in [0.1, 0.15) is 32.6 Å². The lowest BCUT2D eigenvalue weighted by atomic mass is 10.0. The molecule has 2 N–H and O–H groups in total. The van der Waals surface area contributed by atoms with Crippen LogP contribution in [0.15, 0.2) is 54.7 Å². The Morgan fingerprint density at radius 2 is 1.91 bits per heavy atom. The minimum atomic E-state index is -4.45. The smallest absolute Gasteiger partial charge is 0.395 e. The summed E-state index contributed by atoms with van der Waals surface area (Å²) in [4.78, 5) is 18.7. The van der Waals surface area contributed by atoms with Gasteiger partial charge in [0.1, 0.15) is 11.6 Å². The van der Waals surface area contributed by atoms with Crippen molar-refractivity contribution in [3.63, 3.8) is 0 Å². The van der Waals surface area contributed by atoms with Crippen LogP contribution in [0.5, 0.6) is 0 Å². The van der Waals surface area contributed by atoms with E-state index in [0.29, 0.717) is 35.3 Å². The van der Waals surface area contributed by atoms with Crippen molar-refractivity contribution < 1.29 is 27.5 Å². The third kappa shape index (κ3) is 4.83. The number of benzene rings is 2. The van der Waals surface area contributed by atoms with Crippen molar-refractivity contribution in [1.82, 2.24) is 4.98 Å². The molecule has 1 amide bonds. The Bertz CT molecular complexity index is 1180. The third-order valence-corrected chi connectivity index (χ3v) is 5.48. The standard InChI is InChI=1S/C24H21F4N3O2/c25-19-4-5-20-18(7-9-29-20)22(19)23(33)31(10-11-32)21-14-16(6-8-30-21)12-15-2-1-3-17(13-15)24(26,27)28/h1-6,8,13-14,29,32H,7,9-12H2. The Kier molecular flexibility index (Phi) is 6.33. The second kappa shape index (κ2) is 9.19. The van der Waals surface area contributed by atoms with Gasteiger partial charge >= 0.3 is 6.18 Å². The SMILES string of the molecule is O=C(c1c(F)ccc2c1CCN2)N(CCO)c1cc(Cc2cccc(C(F)(F)F)c2)ccn1. The van der Waals surface area contributed by atoms with Crippen LogP contribution in [0.25, 0.3) is 0 Å². The van der Waals surface area contributed by atoms with Gasteiger partial charge in [-0.3, -0.25) is 9.69 Å². The normalized spacial score (nSPS) is 12.9. The summed E-state index contributed by atoms with van der Waals surface area (Å²) in [5.74, 6) is -1.11. The number of halogens is 4. The van der Waals surface area contributed by atoms with E-state index in [1.165, 1.54) is 23.2 Å². The lowest BCUT2D eigenvalue weighted by Crippen LogP contribution is -2.35. The molecule has 0 aliphatic carbocycles. The molecule has 0 atom stereocenters. The molecule has 2 heterocycles. The number of rotatable bonds is 6. The molecule has 1 aliphatic rings. The number of aliphatic hydroxyl groups excluding tert-OH is 1. The lowest BCUT2D eigenvalue weighted by molar-refractivity contribution is -0.137. The fraction of sp³-hybridized carbons (Fsp3) is 0.250. The highest BCUT2D eigenvalue weighted by molar-refractivity contribution is 6.07. The summed E-state index contributed by atoms with van der Waals surface area (Å²) in [6.07, 6.45) is -2.34. The Morgan fingerprint density at radius 3 is 2.67 bits per heavy atom. The molecule has 5 nitrogen and oxygen atoms in total. The average molecular weight is 459 g/mol. The van der Waals surface area contributed by atoms with Crippen molar-refractivity contribution in [3.8, 4) is 0 Å². The van der Waals surface area contributed by atoms with Crippen LogP contribution in [0, 0.1) is 5.82 Å². The first-order chi connectivity index (χ1) is 15.8. The molecule has 0 saturated carbocycles. The van der Waals surface area contributed by atoms with Crippen molar-refractivity contribution >= 4 is 17.4 Å². The van der Waals surface area contributed by atoms with Crippen molar-refractivity contribution in [2.24, 2.45) is 0 Å². The van der Waals surface area contributed by atoms with Gasteiger partial charge in [0.05, 0.1) is 24.3 Å². The van der Waals surface area contributed by atoms with Crippen LogP contribution >= 0.6 is 0 Å². The van der Waals surface area contributed by atoms with Crippen molar-refractivity contribution in [1.29, 1.82) is 0 Å². The second-order valence-corrected chi connectivity index (χ2v) is 7.70. The first kappa shape index (κ1) is 22.7. The number of alkyl halides is 3. The van der Waals surface area contributed by atoms with Crippen LogP contribution in [-0.4, -0.2) is 35.7 Å². The number of hydrogen-bond acceptors (Lipinski definition) is 4. The Balaban J connectivity index is 1.65. The summed E-state index contributed by atoms with van der Waals surface area (Å²) in [6.45, 7) is 0.0966. The van der Waals surface area contributed by atoms with Gasteiger partial charge in [-0.15, -0.1) is 0 Å². The fourth-order valence-corrected chi connectivity index (χ4v) is 3.96. The van der Waals surface area contributed by atoms with Gasteiger partial charge in [-0.1, -0.05) is 18.2 Å². The molecule has 0 bridgehead atoms. The first-order valence-corrected chi connectivity index (χ1v) is 10.4. The van der Waals surface area contributed by atoms with Crippen LogP contribution in [0.3, 0.4) is 0 Å². The van der Waals surface area contributed by atoms with Crippen LogP contribution < -0.4 is 10.2 Å². The minimum Gasteiger partial charge on any atom is -0.395 e. The Labute approximate surface area is 187 Å². The zero-order valence-electron chi connectivity index (χ0n) is 17.5. The van der Waals surface area contributed by atoms with Gasteiger partial charge < -0.3 is 10.4 Å². The Morgan fingerprint density at radius 1 is 1.12 bits per heavy atom. The predicted molar refractivity (Wildman–Crippen MR) is 116 cm³/mol. The topological polar surface area (TPSA) is 65.5 Å². The molecular formula is C24H21F4N3O2. The van der Waals surface area contributed by atoms with E-state index in [1.807, 2.05) is 0 Å². The molecule has 0 radical (unpaired) electrons. The second-order valence-electron chi connectivity index (χ2n) is 7.70. The van der Waals surface area contributed by atoms with E-state index in [9.17, 15) is 27.5 Å². The van der Waals surface area contributed by atoms with E-state index >= 15 is 0 Å². The van der Waals surface area contributed by atoms with E-state index in [0.717, 1.165) is 12.1 Å². The number of aliphatic hydroxyl groups is 1. The van der Waals surface area contributed by atoms with Gasteiger partial charge in [0.15, 0.2) is 0 Å². The van der Waals surface area contributed by atoms with Gasteiger partial charge in [0.2, 0.25) is 0 Å². The summed E-state index contributed by atoms with van der Waals surface area (Å²) in [5, 5.41) is 12.6. The molecular weight excluding hydrogens is 438 g/mol. The number of pyridine rings is 1. The molecule has 2 aromatic carbocycles. The zero-order valence-corrected chi connectivity index (χ0v) is 17.5.